The normalized spacial score (nSPS) is 18.5. The van der Waals surface area contributed by atoms with E-state index in [4.69, 9.17) is 4.74 Å². The first-order valence-electron chi connectivity index (χ1n) is 7.45. The average molecular weight is 406 g/mol. The maximum absolute atomic E-state index is 12.5. The topological polar surface area (TPSA) is 110 Å². The third kappa shape index (κ3) is 3.58. The number of carbonyl (C=O) groups is 1. The van der Waals surface area contributed by atoms with Gasteiger partial charge in [0.15, 0.2) is 0 Å². The summed E-state index contributed by atoms with van der Waals surface area (Å²) in [5, 5.41) is 29.5. The minimum Gasteiger partial charge on any atom is -0.453 e. The zero-order valence-electron chi connectivity index (χ0n) is 12.8. The van der Waals surface area contributed by atoms with Crippen molar-refractivity contribution in [2.45, 2.75) is 17.4 Å². The Bertz CT molecular complexity index is 843. The molecule has 9 heteroatoms. The van der Waals surface area contributed by atoms with Gasteiger partial charge in [-0.1, -0.05) is 40.2 Å². The van der Waals surface area contributed by atoms with Crippen molar-refractivity contribution in [1.82, 2.24) is 0 Å². The molecule has 0 aliphatic heterocycles. The lowest BCUT2D eigenvalue weighted by Gasteiger charge is -2.17. The number of nitro benzene ring substituents is 1. The molecule has 0 saturated heterocycles. The molecule has 2 unspecified atom stereocenters. The Kier molecular flexibility index (Phi) is 4.89. The number of nitro groups is 1. The lowest BCUT2D eigenvalue weighted by atomic mass is 9.79. The second-order valence-corrected chi connectivity index (χ2v) is 6.86. The molecule has 0 spiro atoms. The van der Waals surface area contributed by atoms with Crippen LogP contribution in [0.15, 0.2) is 42.5 Å². The van der Waals surface area contributed by atoms with Crippen LogP contribution in [0.3, 0.4) is 0 Å². The minimum absolute atomic E-state index is 0.101. The Morgan fingerprint density at radius 3 is 2.68 bits per heavy atom. The number of fused-ring (bicyclic) bond motifs is 1. The molecule has 128 valence electrons. The van der Waals surface area contributed by atoms with Crippen molar-refractivity contribution in [2.75, 3.05) is 0 Å². The molecule has 0 fully saturated rings. The van der Waals surface area contributed by atoms with Crippen LogP contribution in [0.25, 0.3) is 0 Å². The first-order valence-corrected chi connectivity index (χ1v) is 8.36. The molecule has 2 N–H and O–H groups in total. The van der Waals surface area contributed by atoms with Gasteiger partial charge in [0, 0.05) is 12.1 Å². The molecular formula is C16H13BBrNO6. The Labute approximate surface area is 151 Å². The average Bonchev–Trinajstić information content (AvgIpc) is 2.90. The van der Waals surface area contributed by atoms with Crippen LogP contribution in [0, 0.1) is 10.1 Å². The molecule has 3 rings (SSSR count). The molecule has 2 aromatic carbocycles. The summed E-state index contributed by atoms with van der Waals surface area (Å²) >= 11 is 3.50. The number of ether oxygens (including phenoxy) is 1. The van der Waals surface area contributed by atoms with Crippen molar-refractivity contribution in [2.24, 2.45) is 0 Å². The number of benzene rings is 2. The van der Waals surface area contributed by atoms with E-state index in [1.54, 1.807) is 0 Å². The zero-order chi connectivity index (χ0) is 18.1. The fourth-order valence-corrected chi connectivity index (χ4v) is 3.58. The van der Waals surface area contributed by atoms with Crippen LogP contribution in [0.5, 0.6) is 0 Å². The van der Waals surface area contributed by atoms with E-state index in [-0.39, 0.29) is 15.9 Å². The Morgan fingerprint density at radius 1 is 1.28 bits per heavy atom. The summed E-state index contributed by atoms with van der Waals surface area (Å²) in [6.07, 6.45) is 0.175. The van der Waals surface area contributed by atoms with Gasteiger partial charge in [0.2, 0.25) is 0 Å². The van der Waals surface area contributed by atoms with Crippen molar-refractivity contribution in [3.8, 4) is 0 Å². The molecular weight excluding hydrogens is 393 g/mol. The summed E-state index contributed by atoms with van der Waals surface area (Å²) in [5.41, 5.74) is 1.27. The standard InChI is InChI=1S/C16H13BBrNO6/c18-14-7-9-3-1-2-4-13(9)15(14)25-16(20)10-5-11(17(21)22)8-12(6-10)19(23)24/h1-6,8,14-15,21-22H,7H2. The van der Waals surface area contributed by atoms with Crippen molar-refractivity contribution in [1.29, 1.82) is 0 Å². The second-order valence-electron chi connectivity index (χ2n) is 5.69. The summed E-state index contributed by atoms with van der Waals surface area (Å²) in [7, 11) is -1.93. The number of hydrogen-bond donors (Lipinski definition) is 2. The zero-order valence-corrected chi connectivity index (χ0v) is 14.4. The van der Waals surface area contributed by atoms with Gasteiger partial charge in [-0.3, -0.25) is 10.1 Å². The van der Waals surface area contributed by atoms with Crippen LogP contribution in [0.2, 0.25) is 0 Å². The summed E-state index contributed by atoms with van der Waals surface area (Å²) in [6.45, 7) is 0. The molecule has 0 heterocycles. The Balaban J connectivity index is 1.90. The summed E-state index contributed by atoms with van der Waals surface area (Å²) in [6, 6.07) is 10.8. The number of alkyl halides is 1. The van der Waals surface area contributed by atoms with Crippen LogP contribution in [0.4, 0.5) is 5.69 Å². The van der Waals surface area contributed by atoms with Gasteiger partial charge in [-0.25, -0.2) is 4.79 Å². The smallest absolute Gasteiger partial charge is 0.453 e. The number of esters is 1. The van der Waals surface area contributed by atoms with Gasteiger partial charge in [-0.2, -0.15) is 0 Å². The van der Waals surface area contributed by atoms with Crippen molar-refractivity contribution in [3.63, 3.8) is 0 Å². The molecule has 7 nitrogen and oxygen atoms in total. The molecule has 0 bridgehead atoms. The highest BCUT2D eigenvalue weighted by Gasteiger charge is 2.34. The number of non-ortho nitro benzene ring substituents is 1. The van der Waals surface area contributed by atoms with Gasteiger partial charge in [-0.15, -0.1) is 0 Å². The predicted molar refractivity (Wildman–Crippen MR) is 93.9 cm³/mol. The van der Waals surface area contributed by atoms with Gasteiger partial charge in [0.25, 0.3) is 5.69 Å². The number of rotatable bonds is 4. The van der Waals surface area contributed by atoms with Gasteiger partial charge in [0.1, 0.15) is 6.10 Å². The van der Waals surface area contributed by atoms with Crippen LogP contribution >= 0.6 is 15.9 Å². The SMILES string of the molecule is O=C(OC1c2ccccc2CC1Br)c1cc(B(O)O)cc([N+](=O)[O-])c1. The molecule has 0 saturated carbocycles. The van der Waals surface area contributed by atoms with Crippen LogP contribution in [-0.4, -0.2) is 32.9 Å². The highest BCUT2D eigenvalue weighted by atomic mass is 79.9. The van der Waals surface area contributed by atoms with Gasteiger partial charge in [0.05, 0.1) is 15.3 Å². The van der Waals surface area contributed by atoms with E-state index in [1.807, 2.05) is 24.3 Å². The Morgan fingerprint density at radius 2 is 2.00 bits per heavy atom. The lowest BCUT2D eigenvalue weighted by Crippen LogP contribution is -2.31. The molecule has 1 aliphatic carbocycles. The minimum atomic E-state index is -1.93. The van der Waals surface area contributed by atoms with Gasteiger partial charge < -0.3 is 14.8 Å². The molecule has 0 amide bonds. The molecule has 2 aromatic rings. The van der Waals surface area contributed by atoms with E-state index < -0.39 is 29.8 Å². The van der Waals surface area contributed by atoms with E-state index in [0.29, 0.717) is 6.42 Å². The van der Waals surface area contributed by atoms with E-state index in [0.717, 1.165) is 23.3 Å². The van der Waals surface area contributed by atoms with Gasteiger partial charge in [-0.05, 0) is 29.1 Å². The van der Waals surface area contributed by atoms with Crippen molar-refractivity contribution in [3.05, 3.63) is 69.3 Å². The van der Waals surface area contributed by atoms with Crippen LogP contribution < -0.4 is 5.46 Å². The highest BCUT2D eigenvalue weighted by Crippen LogP contribution is 2.38. The molecule has 1 aliphatic rings. The highest BCUT2D eigenvalue weighted by molar-refractivity contribution is 9.09. The monoisotopic (exact) mass is 405 g/mol. The van der Waals surface area contributed by atoms with E-state index in [2.05, 4.69) is 15.9 Å². The second kappa shape index (κ2) is 6.95. The summed E-state index contributed by atoms with van der Waals surface area (Å²) in [4.78, 5) is 22.7. The van der Waals surface area contributed by atoms with Crippen LogP contribution in [0.1, 0.15) is 27.6 Å². The third-order valence-electron chi connectivity index (χ3n) is 4.02. The number of carbonyl (C=O) groups excluding carboxylic acids is 1. The largest absolute Gasteiger partial charge is 0.488 e. The fourth-order valence-electron chi connectivity index (χ4n) is 2.84. The summed E-state index contributed by atoms with van der Waals surface area (Å²) in [5.74, 6) is -0.767. The Hall–Kier alpha value is -2.23. The van der Waals surface area contributed by atoms with Crippen molar-refractivity contribution < 1.29 is 24.5 Å². The maximum Gasteiger partial charge on any atom is 0.488 e. The number of nitrogens with zero attached hydrogens (tertiary/aromatic N) is 1. The van der Waals surface area contributed by atoms with Crippen LogP contribution in [-0.2, 0) is 11.2 Å². The molecule has 0 aromatic heterocycles. The van der Waals surface area contributed by atoms with E-state index in [1.165, 1.54) is 6.07 Å². The fraction of sp³-hybridized carbons (Fsp3) is 0.188. The first-order chi connectivity index (χ1) is 11.9. The number of hydrogen-bond acceptors (Lipinski definition) is 6. The lowest BCUT2D eigenvalue weighted by molar-refractivity contribution is -0.384. The maximum atomic E-state index is 12.5. The third-order valence-corrected chi connectivity index (χ3v) is 4.83. The number of halogens is 1. The van der Waals surface area contributed by atoms with E-state index >= 15 is 0 Å². The van der Waals surface area contributed by atoms with E-state index in [9.17, 15) is 25.0 Å². The predicted octanol–water partition coefficient (Wildman–Crippen LogP) is 1.49. The summed E-state index contributed by atoms with van der Waals surface area (Å²) < 4.78 is 5.53. The van der Waals surface area contributed by atoms with Crippen molar-refractivity contribution >= 4 is 40.2 Å². The first kappa shape index (κ1) is 17.6. The quantitative estimate of drug-likeness (QED) is 0.262. The molecule has 25 heavy (non-hydrogen) atoms. The molecule has 2 atom stereocenters. The van der Waals surface area contributed by atoms with Gasteiger partial charge >= 0.3 is 13.1 Å². The molecule has 0 radical (unpaired) electrons.